The number of aryl methyl sites for hydroxylation is 1. The van der Waals surface area contributed by atoms with Gasteiger partial charge in [0.1, 0.15) is 5.92 Å². The highest BCUT2D eigenvalue weighted by Gasteiger charge is 2.42. The van der Waals surface area contributed by atoms with E-state index in [-0.39, 0.29) is 12.5 Å². The normalized spacial score (nSPS) is 17.7. The molecule has 1 atom stereocenters. The van der Waals surface area contributed by atoms with Crippen LogP contribution < -0.4 is 0 Å². The lowest BCUT2D eigenvalue weighted by atomic mass is 10.1. The van der Waals surface area contributed by atoms with Gasteiger partial charge in [0, 0.05) is 27.2 Å². The van der Waals surface area contributed by atoms with Crippen molar-refractivity contribution in [2.45, 2.75) is 12.8 Å². The van der Waals surface area contributed by atoms with Crippen molar-refractivity contribution in [1.29, 1.82) is 0 Å². The van der Waals surface area contributed by atoms with Crippen molar-refractivity contribution in [3.8, 4) is 0 Å². The maximum Gasteiger partial charge on any atom is 0.290 e. The summed E-state index contributed by atoms with van der Waals surface area (Å²) < 4.78 is 0. The van der Waals surface area contributed by atoms with Crippen molar-refractivity contribution in [2.24, 2.45) is 5.92 Å². The van der Waals surface area contributed by atoms with Gasteiger partial charge in [-0.3, -0.25) is 14.4 Å². The van der Waals surface area contributed by atoms with Gasteiger partial charge < -0.3 is 9.80 Å². The Morgan fingerprint density at radius 3 is 2.57 bits per heavy atom. The molecular formula is C16H18Cl2N2O3. The van der Waals surface area contributed by atoms with E-state index in [1.165, 1.54) is 16.8 Å². The van der Waals surface area contributed by atoms with Gasteiger partial charge in [-0.1, -0.05) is 29.3 Å². The van der Waals surface area contributed by atoms with E-state index >= 15 is 0 Å². The quantitative estimate of drug-likeness (QED) is 0.599. The molecule has 1 aromatic rings. The van der Waals surface area contributed by atoms with Crippen molar-refractivity contribution >= 4 is 40.8 Å². The minimum absolute atomic E-state index is 0.160. The van der Waals surface area contributed by atoms with Gasteiger partial charge in [-0.05, 0) is 30.5 Å². The molecule has 1 saturated heterocycles. The van der Waals surface area contributed by atoms with Gasteiger partial charge in [0.2, 0.25) is 11.7 Å². The maximum absolute atomic E-state index is 12.3. The Morgan fingerprint density at radius 2 is 2.00 bits per heavy atom. The molecule has 1 unspecified atom stereocenters. The molecule has 0 radical (unpaired) electrons. The summed E-state index contributed by atoms with van der Waals surface area (Å²) in [6, 6.07) is 5.44. The summed E-state index contributed by atoms with van der Waals surface area (Å²) in [6.07, 6.45) is 1.47. The first-order valence-corrected chi connectivity index (χ1v) is 8.05. The van der Waals surface area contributed by atoms with Crippen LogP contribution >= 0.6 is 23.2 Å². The fourth-order valence-electron chi connectivity index (χ4n) is 2.56. The second kappa shape index (κ2) is 7.32. The van der Waals surface area contributed by atoms with Crippen molar-refractivity contribution in [1.82, 2.24) is 9.80 Å². The Kier molecular flexibility index (Phi) is 5.65. The van der Waals surface area contributed by atoms with E-state index in [0.717, 1.165) is 18.4 Å². The van der Waals surface area contributed by atoms with Crippen LogP contribution in [-0.2, 0) is 20.8 Å². The number of hydrogen-bond donors (Lipinski definition) is 0. The summed E-state index contributed by atoms with van der Waals surface area (Å²) in [5, 5.41) is 1.02. The number of likely N-dealkylation sites (N-methyl/N-ethyl adjacent to an activating group) is 1. The molecule has 0 spiro atoms. The first-order chi connectivity index (χ1) is 10.8. The fraction of sp³-hybridized carbons (Fsp3) is 0.438. The zero-order valence-electron chi connectivity index (χ0n) is 13.0. The first kappa shape index (κ1) is 17.8. The van der Waals surface area contributed by atoms with Crippen LogP contribution in [0.2, 0.25) is 10.0 Å². The van der Waals surface area contributed by atoms with E-state index < -0.39 is 17.6 Å². The molecule has 5 nitrogen and oxygen atoms in total. The van der Waals surface area contributed by atoms with Crippen LogP contribution in [0.5, 0.6) is 0 Å². The Hall–Kier alpha value is -1.59. The van der Waals surface area contributed by atoms with Gasteiger partial charge in [-0.15, -0.1) is 0 Å². The second-order valence-electron chi connectivity index (χ2n) is 5.71. The molecule has 0 N–H and O–H groups in total. The van der Waals surface area contributed by atoms with Gasteiger partial charge in [-0.2, -0.15) is 0 Å². The Morgan fingerprint density at radius 1 is 1.30 bits per heavy atom. The predicted molar refractivity (Wildman–Crippen MR) is 88.6 cm³/mol. The predicted octanol–water partition coefficient (Wildman–Crippen LogP) is 2.04. The van der Waals surface area contributed by atoms with Crippen molar-refractivity contribution in [3.63, 3.8) is 0 Å². The molecule has 7 heteroatoms. The number of ketones is 1. The van der Waals surface area contributed by atoms with Crippen LogP contribution in [0.4, 0.5) is 0 Å². The topological polar surface area (TPSA) is 57.7 Å². The van der Waals surface area contributed by atoms with Gasteiger partial charge in [0.05, 0.1) is 10.0 Å². The van der Waals surface area contributed by atoms with Crippen LogP contribution in [-0.4, -0.2) is 54.6 Å². The number of likely N-dealkylation sites (tertiary alicyclic amines) is 1. The number of rotatable bonds is 5. The molecule has 1 fully saturated rings. The molecule has 0 saturated carbocycles. The third-order valence-corrected chi connectivity index (χ3v) is 4.69. The fourth-order valence-corrected chi connectivity index (χ4v) is 2.88. The lowest BCUT2D eigenvalue weighted by Crippen LogP contribution is -2.37. The number of hydrogen-bond acceptors (Lipinski definition) is 3. The Balaban J connectivity index is 1.86. The van der Waals surface area contributed by atoms with Crippen LogP contribution in [0.1, 0.15) is 12.0 Å². The third-order valence-electron chi connectivity index (χ3n) is 3.95. The van der Waals surface area contributed by atoms with E-state index in [0.29, 0.717) is 16.6 Å². The highest BCUT2D eigenvalue weighted by atomic mass is 35.5. The molecule has 0 aromatic heterocycles. The van der Waals surface area contributed by atoms with Gasteiger partial charge in [0.25, 0.3) is 5.91 Å². The standard InChI is InChI=1S/C16H18Cl2N2O3/c1-19(15(22)11-9-20(2)16(23)14(11)21)7-3-4-10-5-6-12(17)13(18)8-10/h5-6,8,11H,3-4,7,9H2,1-2H3. The number of Topliss-reactive ketones (excluding diaryl/α,β-unsaturated/α-hetero) is 1. The van der Waals surface area contributed by atoms with Crippen molar-refractivity contribution < 1.29 is 14.4 Å². The lowest BCUT2D eigenvalue weighted by molar-refractivity contribution is -0.144. The SMILES string of the molecule is CN1CC(C(=O)N(C)CCCc2ccc(Cl)c(Cl)c2)C(=O)C1=O. The zero-order valence-corrected chi connectivity index (χ0v) is 14.5. The van der Waals surface area contributed by atoms with Crippen LogP contribution in [0.15, 0.2) is 18.2 Å². The number of benzene rings is 1. The average Bonchev–Trinajstić information content (AvgIpc) is 2.77. The lowest BCUT2D eigenvalue weighted by Gasteiger charge is -2.20. The molecule has 1 aromatic carbocycles. The number of halogens is 2. The summed E-state index contributed by atoms with van der Waals surface area (Å²) in [4.78, 5) is 38.3. The molecule has 1 aliphatic rings. The van der Waals surface area contributed by atoms with E-state index in [1.807, 2.05) is 6.07 Å². The van der Waals surface area contributed by atoms with Crippen molar-refractivity contribution in [2.75, 3.05) is 27.2 Å². The molecule has 23 heavy (non-hydrogen) atoms. The molecule has 0 bridgehead atoms. The van der Waals surface area contributed by atoms with Crippen LogP contribution in [0.25, 0.3) is 0 Å². The molecule has 1 heterocycles. The van der Waals surface area contributed by atoms with Crippen LogP contribution in [0.3, 0.4) is 0 Å². The van der Waals surface area contributed by atoms with E-state index in [2.05, 4.69) is 0 Å². The molecule has 2 rings (SSSR count). The minimum Gasteiger partial charge on any atom is -0.345 e. The highest BCUT2D eigenvalue weighted by molar-refractivity contribution is 6.42. The summed E-state index contributed by atoms with van der Waals surface area (Å²) in [7, 11) is 3.17. The molecular weight excluding hydrogens is 339 g/mol. The molecule has 124 valence electrons. The molecule has 2 amide bonds. The van der Waals surface area contributed by atoms with Gasteiger partial charge in [0.15, 0.2) is 0 Å². The van der Waals surface area contributed by atoms with E-state index in [9.17, 15) is 14.4 Å². The van der Waals surface area contributed by atoms with E-state index in [4.69, 9.17) is 23.2 Å². The largest absolute Gasteiger partial charge is 0.345 e. The average molecular weight is 357 g/mol. The first-order valence-electron chi connectivity index (χ1n) is 7.29. The van der Waals surface area contributed by atoms with E-state index in [1.54, 1.807) is 19.2 Å². The van der Waals surface area contributed by atoms with Crippen LogP contribution in [0, 0.1) is 5.92 Å². The minimum atomic E-state index is -0.873. The molecule has 0 aliphatic carbocycles. The third kappa shape index (κ3) is 4.03. The Bertz CT molecular complexity index is 648. The molecule has 1 aliphatic heterocycles. The summed E-state index contributed by atoms with van der Waals surface area (Å²) in [5.74, 6) is -2.38. The second-order valence-corrected chi connectivity index (χ2v) is 6.53. The smallest absolute Gasteiger partial charge is 0.290 e. The maximum atomic E-state index is 12.3. The summed E-state index contributed by atoms with van der Waals surface area (Å²) >= 11 is 11.8. The van der Waals surface area contributed by atoms with Gasteiger partial charge in [-0.25, -0.2) is 0 Å². The highest BCUT2D eigenvalue weighted by Crippen LogP contribution is 2.23. The zero-order chi connectivity index (χ0) is 17.1. The number of carbonyl (C=O) groups is 3. The summed E-state index contributed by atoms with van der Waals surface area (Å²) in [5.41, 5.74) is 1.03. The number of amides is 2. The van der Waals surface area contributed by atoms with Gasteiger partial charge >= 0.3 is 0 Å². The van der Waals surface area contributed by atoms with Crippen molar-refractivity contribution in [3.05, 3.63) is 33.8 Å². The number of carbonyl (C=O) groups excluding carboxylic acids is 3. The summed E-state index contributed by atoms with van der Waals surface area (Å²) in [6.45, 7) is 0.661. The Labute approximate surface area is 145 Å². The number of nitrogens with zero attached hydrogens (tertiary/aromatic N) is 2. The monoisotopic (exact) mass is 356 g/mol.